The summed E-state index contributed by atoms with van der Waals surface area (Å²) < 4.78 is 2.02. The number of guanidine groups is 1. The number of halogens is 1. The Morgan fingerprint density at radius 1 is 1.26 bits per heavy atom. The van der Waals surface area contributed by atoms with Crippen molar-refractivity contribution in [3.8, 4) is 0 Å². The van der Waals surface area contributed by atoms with Crippen molar-refractivity contribution in [1.29, 1.82) is 0 Å². The van der Waals surface area contributed by atoms with Crippen LogP contribution in [0.4, 0.5) is 0 Å². The lowest BCUT2D eigenvalue weighted by molar-refractivity contribution is 0.443. The molecule has 134 valence electrons. The Balaban J connectivity index is 0.00000484. The Bertz CT molecular complexity index is 432. The second-order valence-corrected chi connectivity index (χ2v) is 5.53. The predicted octanol–water partition coefficient (Wildman–Crippen LogP) is 3.19. The molecule has 1 rings (SSSR count). The average molecular weight is 436 g/mol. The van der Waals surface area contributed by atoms with Crippen LogP contribution in [-0.2, 0) is 13.1 Å². The molecule has 1 atom stereocenters. The molecule has 0 amide bonds. The summed E-state index contributed by atoms with van der Waals surface area (Å²) in [5, 5.41) is 14.8. The smallest absolute Gasteiger partial charge is 0.191 e. The van der Waals surface area contributed by atoms with Gasteiger partial charge in [0.1, 0.15) is 12.9 Å². The molecular weight excluding hydrogens is 403 g/mol. The quantitative estimate of drug-likeness (QED) is 0.336. The van der Waals surface area contributed by atoms with E-state index in [1.807, 2.05) is 4.57 Å². The van der Waals surface area contributed by atoms with Gasteiger partial charge in [-0.1, -0.05) is 33.1 Å². The first kappa shape index (κ1) is 22.1. The highest BCUT2D eigenvalue weighted by molar-refractivity contribution is 14.0. The Kier molecular flexibility index (Phi) is 13.1. The minimum absolute atomic E-state index is 0. The molecule has 0 saturated carbocycles. The minimum atomic E-state index is 0. The monoisotopic (exact) mass is 436 g/mol. The molecule has 2 N–H and O–H groups in total. The van der Waals surface area contributed by atoms with E-state index in [1.165, 1.54) is 25.7 Å². The van der Waals surface area contributed by atoms with Gasteiger partial charge in [-0.3, -0.25) is 0 Å². The Labute approximate surface area is 158 Å². The number of hydrogen-bond acceptors (Lipinski definition) is 3. The summed E-state index contributed by atoms with van der Waals surface area (Å²) >= 11 is 0. The highest BCUT2D eigenvalue weighted by atomic mass is 127. The zero-order valence-electron chi connectivity index (χ0n) is 15.0. The molecule has 0 saturated heterocycles. The third kappa shape index (κ3) is 8.53. The van der Waals surface area contributed by atoms with Crippen LogP contribution < -0.4 is 10.6 Å². The lowest BCUT2D eigenvalue weighted by atomic mass is 9.99. The van der Waals surface area contributed by atoms with E-state index in [9.17, 15) is 0 Å². The van der Waals surface area contributed by atoms with Gasteiger partial charge in [0.2, 0.25) is 0 Å². The topological polar surface area (TPSA) is 67.1 Å². The fraction of sp³-hybridized carbons (Fsp3) is 0.812. The van der Waals surface area contributed by atoms with Gasteiger partial charge in [-0.25, -0.2) is 4.99 Å². The van der Waals surface area contributed by atoms with Gasteiger partial charge >= 0.3 is 0 Å². The van der Waals surface area contributed by atoms with Crippen LogP contribution in [0, 0.1) is 5.92 Å². The van der Waals surface area contributed by atoms with Crippen LogP contribution in [0.1, 0.15) is 59.2 Å². The maximum atomic E-state index is 4.62. The summed E-state index contributed by atoms with van der Waals surface area (Å²) in [5.41, 5.74) is 0. The SMILES string of the molecule is CCCCC(CC)CNC(=NCc1nncn1CC)NCC.I. The first-order valence-corrected chi connectivity index (χ1v) is 8.63. The summed E-state index contributed by atoms with van der Waals surface area (Å²) in [6.07, 6.45) is 6.80. The van der Waals surface area contributed by atoms with E-state index in [0.717, 1.165) is 31.4 Å². The number of hydrogen-bond donors (Lipinski definition) is 2. The molecule has 0 aromatic carbocycles. The van der Waals surface area contributed by atoms with E-state index >= 15 is 0 Å². The zero-order valence-corrected chi connectivity index (χ0v) is 17.3. The summed E-state index contributed by atoms with van der Waals surface area (Å²) in [7, 11) is 0. The van der Waals surface area contributed by atoms with Crippen LogP contribution in [-0.4, -0.2) is 33.8 Å². The van der Waals surface area contributed by atoms with Gasteiger partial charge in [0.25, 0.3) is 0 Å². The lowest BCUT2D eigenvalue weighted by Crippen LogP contribution is -2.39. The highest BCUT2D eigenvalue weighted by Crippen LogP contribution is 2.11. The molecule has 0 fully saturated rings. The predicted molar refractivity (Wildman–Crippen MR) is 107 cm³/mol. The van der Waals surface area contributed by atoms with E-state index in [2.05, 4.69) is 53.5 Å². The molecule has 1 aromatic rings. The zero-order chi connectivity index (χ0) is 16.2. The molecular formula is C16H33IN6. The number of nitrogens with one attached hydrogen (secondary N) is 2. The first-order chi connectivity index (χ1) is 10.7. The van der Waals surface area contributed by atoms with Crippen LogP contribution in [0.2, 0.25) is 0 Å². The average Bonchev–Trinajstić information content (AvgIpc) is 3.00. The summed E-state index contributed by atoms with van der Waals surface area (Å²) in [6, 6.07) is 0. The molecule has 1 aromatic heterocycles. The van der Waals surface area contributed by atoms with E-state index in [0.29, 0.717) is 12.5 Å². The third-order valence-corrected chi connectivity index (χ3v) is 3.86. The fourth-order valence-corrected chi connectivity index (χ4v) is 2.34. The number of unbranched alkanes of at least 4 members (excludes halogenated alkanes) is 1. The third-order valence-electron chi connectivity index (χ3n) is 3.86. The van der Waals surface area contributed by atoms with Crippen molar-refractivity contribution in [1.82, 2.24) is 25.4 Å². The highest BCUT2D eigenvalue weighted by Gasteiger charge is 2.07. The molecule has 0 spiro atoms. The first-order valence-electron chi connectivity index (χ1n) is 8.63. The van der Waals surface area contributed by atoms with Gasteiger partial charge in [0.05, 0.1) is 0 Å². The van der Waals surface area contributed by atoms with Gasteiger partial charge in [-0.2, -0.15) is 0 Å². The summed E-state index contributed by atoms with van der Waals surface area (Å²) in [5.74, 6) is 2.48. The minimum Gasteiger partial charge on any atom is -0.357 e. The van der Waals surface area contributed by atoms with Gasteiger partial charge < -0.3 is 15.2 Å². The van der Waals surface area contributed by atoms with E-state index in [4.69, 9.17) is 0 Å². The van der Waals surface area contributed by atoms with E-state index < -0.39 is 0 Å². The number of rotatable bonds is 10. The number of aryl methyl sites for hydroxylation is 1. The van der Waals surface area contributed by atoms with Crippen molar-refractivity contribution < 1.29 is 0 Å². The summed E-state index contributed by atoms with van der Waals surface area (Å²) in [4.78, 5) is 4.62. The van der Waals surface area contributed by atoms with Gasteiger partial charge in [-0.05, 0) is 26.2 Å². The van der Waals surface area contributed by atoms with Crippen LogP contribution in [0.5, 0.6) is 0 Å². The molecule has 1 unspecified atom stereocenters. The normalized spacial score (nSPS) is 12.6. The molecule has 6 nitrogen and oxygen atoms in total. The summed E-state index contributed by atoms with van der Waals surface area (Å²) in [6.45, 7) is 11.9. The van der Waals surface area contributed by atoms with Crippen LogP contribution in [0.15, 0.2) is 11.3 Å². The number of aromatic nitrogens is 3. The molecule has 0 aliphatic rings. The number of aliphatic imine (C=N–C) groups is 1. The second-order valence-electron chi connectivity index (χ2n) is 5.53. The van der Waals surface area contributed by atoms with Gasteiger partial charge in [-0.15, -0.1) is 34.2 Å². The molecule has 7 heteroatoms. The van der Waals surface area contributed by atoms with Crippen molar-refractivity contribution in [2.24, 2.45) is 10.9 Å². The van der Waals surface area contributed by atoms with E-state index in [1.54, 1.807) is 6.33 Å². The molecule has 0 aliphatic carbocycles. The lowest BCUT2D eigenvalue weighted by Gasteiger charge is -2.17. The Morgan fingerprint density at radius 2 is 2.04 bits per heavy atom. The van der Waals surface area contributed by atoms with Crippen molar-refractivity contribution in [3.63, 3.8) is 0 Å². The largest absolute Gasteiger partial charge is 0.357 e. The molecule has 23 heavy (non-hydrogen) atoms. The van der Waals surface area contributed by atoms with Gasteiger partial charge in [0.15, 0.2) is 11.8 Å². The van der Waals surface area contributed by atoms with Crippen LogP contribution in [0.3, 0.4) is 0 Å². The molecule has 0 bridgehead atoms. The molecule has 0 radical (unpaired) electrons. The maximum Gasteiger partial charge on any atom is 0.191 e. The van der Waals surface area contributed by atoms with Crippen LogP contribution >= 0.6 is 24.0 Å². The standard InChI is InChI=1S/C16H32N6.HI/c1-5-9-10-14(6-2)11-18-16(17-7-3)19-12-15-21-20-13-22(15)8-4;/h13-14H,5-12H2,1-4H3,(H2,17,18,19);1H. The number of nitrogens with zero attached hydrogens (tertiary/aromatic N) is 4. The van der Waals surface area contributed by atoms with Crippen molar-refractivity contribution in [3.05, 3.63) is 12.2 Å². The molecule has 0 aliphatic heterocycles. The van der Waals surface area contributed by atoms with Crippen molar-refractivity contribution in [2.75, 3.05) is 13.1 Å². The van der Waals surface area contributed by atoms with Crippen LogP contribution in [0.25, 0.3) is 0 Å². The Hall–Kier alpha value is -0.860. The molecule has 1 heterocycles. The second kappa shape index (κ2) is 13.6. The fourth-order valence-electron chi connectivity index (χ4n) is 2.34. The van der Waals surface area contributed by atoms with Gasteiger partial charge in [0, 0.05) is 19.6 Å². The van der Waals surface area contributed by atoms with Crippen molar-refractivity contribution in [2.45, 2.75) is 66.5 Å². The van der Waals surface area contributed by atoms with Crippen molar-refractivity contribution >= 4 is 29.9 Å². The maximum absolute atomic E-state index is 4.62. The Morgan fingerprint density at radius 3 is 2.65 bits per heavy atom. The van der Waals surface area contributed by atoms with E-state index in [-0.39, 0.29) is 24.0 Å².